The minimum atomic E-state index is -0.777. The van der Waals surface area contributed by atoms with Crippen molar-refractivity contribution in [3.8, 4) is 16.9 Å². The molecule has 0 saturated carbocycles. The van der Waals surface area contributed by atoms with E-state index in [1.165, 1.54) is 25.3 Å². The smallest absolute Gasteiger partial charge is 0.337 e. The average Bonchev–Trinajstić information content (AvgIpc) is 2.47. The number of hydrogen-bond acceptors (Lipinski definition) is 5. The van der Waals surface area contributed by atoms with Gasteiger partial charge in [0.25, 0.3) is 0 Å². The molecule has 0 bridgehead atoms. The molecule has 0 fully saturated rings. The second-order valence-electron chi connectivity index (χ2n) is 4.15. The third-order valence-electron chi connectivity index (χ3n) is 2.87. The first-order valence-corrected chi connectivity index (χ1v) is 5.79. The molecule has 1 N–H and O–H groups in total. The van der Waals surface area contributed by atoms with Gasteiger partial charge in [-0.3, -0.25) is 10.1 Å². The normalized spacial score (nSPS) is 10.2. The van der Waals surface area contributed by atoms with Crippen molar-refractivity contribution in [2.75, 3.05) is 7.11 Å². The number of rotatable bonds is 3. The van der Waals surface area contributed by atoms with Crippen LogP contribution in [0.3, 0.4) is 0 Å². The molecule has 0 aliphatic carbocycles. The first-order valence-electron chi connectivity index (χ1n) is 5.79. The number of carbonyl (C=O) groups excluding carboxylic acids is 1. The van der Waals surface area contributed by atoms with E-state index in [4.69, 9.17) is 0 Å². The van der Waals surface area contributed by atoms with Crippen molar-refractivity contribution in [2.24, 2.45) is 0 Å². The number of nitrogens with zero attached hydrogens (tertiary/aromatic N) is 1. The predicted molar refractivity (Wildman–Crippen MR) is 71.5 cm³/mol. The molecule has 0 atom stereocenters. The highest BCUT2D eigenvalue weighted by Gasteiger charge is 2.17. The van der Waals surface area contributed by atoms with Crippen molar-refractivity contribution < 1.29 is 24.0 Å². The lowest BCUT2D eigenvalue weighted by molar-refractivity contribution is -0.385. The van der Waals surface area contributed by atoms with Crippen LogP contribution >= 0.6 is 0 Å². The molecule has 2 aromatic rings. The summed E-state index contributed by atoms with van der Waals surface area (Å²) in [5.74, 6) is -1.82. The number of nitro benzene ring substituents is 1. The summed E-state index contributed by atoms with van der Waals surface area (Å²) < 4.78 is 18.4. The van der Waals surface area contributed by atoms with E-state index in [-0.39, 0.29) is 16.7 Å². The second-order valence-corrected chi connectivity index (χ2v) is 4.15. The molecule has 2 aromatic carbocycles. The van der Waals surface area contributed by atoms with Gasteiger partial charge in [0.1, 0.15) is 5.82 Å². The van der Waals surface area contributed by atoms with E-state index in [0.717, 1.165) is 18.2 Å². The summed E-state index contributed by atoms with van der Waals surface area (Å²) in [7, 11) is 1.19. The van der Waals surface area contributed by atoms with Crippen molar-refractivity contribution in [3.05, 3.63) is 57.9 Å². The number of phenolic OH excluding ortho intramolecular Hbond substituents is 1. The van der Waals surface area contributed by atoms with Crippen molar-refractivity contribution in [1.29, 1.82) is 0 Å². The van der Waals surface area contributed by atoms with E-state index in [9.17, 15) is 24.4 Å². The van der Waals surface area contributed by atoms with Crippen molar-refractivity contribution in [3.63, 3.8) is 0 Å². The third kappa shape index (κ3) is 2.81. The number of halogens is 1. The van der Waals surface area contributed by atoms with Gasteiger partial charge in [-0.15, -0.1) is 0 Å². The van der Waals surface area contributed by atoms with Crippen LogP contribution in [0, 0.1) is 15.9 Å². The number of aromatic hydroxyl groups is 1. The van der Waals surface area contributed by atoms with E-state index in [1.807, 2.05) is 0 Å². The highest BCUT2D eigenvalue weighted by Crippen LogP contribution is 2.32. The molecule has 0 aromatic heterocycles. The largest absolute Gasteiger partial charge is 0.502 e. The van der Waals surface area contributed by atoms with Crippen LogP contribution in [0.4, 0.5) is 10.1 Å². The fraction of sp³-hybridized carbons (Fsp3) is 0.0714. The summed E-state index contributed by atoms with van der Waals surface area (Å²) in [5, 5.41) is 20.2. The zero-order valence-corrected chi connectivity index (χ0v) is 10.9. The van der Waals surface area contributed by atoms with Gasteiger partial charge < -0.3 is 9.84 Å². The SMILES string of the molecule is COC(=O)c1ccc(F)c(-c2ccc(O)c([N+](=O)[O-])c2)c1. The van der Waals surface area contributed by atoms with Crippen molar-refractivity contribution in [1.82, 2.24) is 0 Å². The van der Waals surface area contributed by atoms with E-state index in [1.54, 1.807) is 0 Å². The van der Waals surface area contributed by atoms with Crippen LogP contribution in [-0.2, 0) is 4.74 Å². The number of benzene rings is 2. The maximum Gasteiger partial charge on any atom is 0.337 e. The summed E-state index contributed by atoms with van der Waals surface area (Å²) in [5.41, 5.74) is -0.260. The first-order chi connectivity index (χ1) is 9.93. The molecule has 0 radical (unpaired) electrons. The van der Waals surface area contributed by atoms with Gasteiger partial charge in [-0.25, -0.2) is 9.18 Å². The topological polar surface area (TPSA) is 89.7 Å². The molecule has 108 valence electrons. The Hall–Kier alpha value is -2.96. The van der Waals surface area contributed by atoms with Crippen LogP contribution in [0.25, 0.3) is 11.1 Å². The van der Waals surface area contributed by atoms with E-state index in [0.29, 0.717) is 0 Å². The molecule has 0 saturated heterocycles. The summed E-state index contributed by atoms with van der Waals surface area (Å²) >= 11 is 0. The number of phenols is 1. The lowest BCUT2D eigenvalue weighted by Gasteiger charge is -2.07. The van der Waals surface area contributed by atoms with Gasteiger partial charge in [0.15, 0.2) is 5.75 Å². The van der Waals surface area contributed by atoms with Gasteiger partial charge >= 0.3 is 11.7 Å². The standard InChI is InChI=1S/C14H10FNO5/c1-21-14(18)9-2-4-11(15)10(6-9)8-3-5-13(17)12(7-8)16(19)20/h2-7,17H,1H3. The molecule has 7 heteroatoms. The maximum atomic E-state index is 13.9. The van der Waals surface area contributed by atoms with Crippen LogP contribution in [0.15, 0.2) is 36.4 Å². The monoisotopic (exact) mass is 291 g/mol. The highest BCUT2D eigenvalue weighted by atomic mass is 19.1. The summed E-state index contributed by atoms with van der Waals surface area (Å²) in [4.78, 5) is 21.5. The van der Waals surface area contributed by atoms with Gasteiger partial charge in [-0.05, 0) is 29.8 Å². The van der Waals surface area contributed by atoms with E-state index >= 15 is 0 Å². The van der Waals surface area contributed by atoms with Crippen molar-refractivity contribution >= 4 is 11.7 Å². The van der Waals surface area contributed by atoms with Crippen LogP contribution in [0.2, 0.25) is 0 Å². The number of carbonyl (C=O) groups is 1. The number of methoxy groups -OCH3 is 1. The van der Waals surface area contributed by atoms with Gasteiger partial charge in [0.2, 0.25) is 0 Å². The molecule has 2 rings (SSSR count). The van der Waals surface area contributed by atoms with Gasteiger partial charge in [0.05, 0.1) is 17.6 Å². The average molecular weight is 291 g/mol. The Morgan fingerprint density at radius 3 is 2.62 bits per heavy atom. The van der Waals surface area contributed by atoms with Gasteiger partial charge in [-0.1, -0.05) is 6.07 Å². The molecule has 0 spiro atoms. The number of nitro groups is 1. The minimum absolute atomic E-state index is 0.000926. The predicted octanol–water partition coefficient (Wildman–Crippen LogP) is 2.89. The molecule has 0 aliphatic heterocycles. The molecular formula is C14H10FNO5. The minimum Gasteiger partial charge on any atom is -0.502 e. The number of hydrogen-bond donors (Lipinski definition) is 1. The Bertz CT molecular complexity index is 729. The quantitative estimate of drug-likeness (QED) is 0.533. The Morgan fingerprint density at radius 2 is 2.00 bits per heavy atom. The zero-order chi connectivity index (χ0) is 15.6. The van der Waals surface area contributed by atoms with Crippen LogP contribution < -0.4 is 0 Å². The van der Waals surface area contributed by atoms with Crippen LogP contribution in [0.5, 0.6) is 5.75 Å². The summed E-state index contributed by atoms with van der Waals surface area (Å²) in [6.07, 6.45) is 0. The first kappa shape index (κ1) is 14.4. The molecule has 0 amide bonds. The zero-order valence-electron chi connectivity index (χ0n) is 10.9. The molecule has 6 nitrogen and oxygen atoms in total. The number of ether oxygens (including phenoxy) is 1. The molecule has 0 heterocycles. The second kappa shape index (κ2) is 5.58. The number of esters is 1. The van der Waals surface area contributed by atoms with E-state index in [2.05, 4.69) is 4.74 Å². The van der Waals surface area contributed by atoms with Crippen LogP contribution in [0.1, 0.15) is 10.4 Å². The fourth-order valence-corrected chi connectivity index (χ4v) is 1.83. The summed E-state index contributed by atoms with van der Waals surface area (Å²) in [6.45, 7) is 0. The molecule has 21 heavy (non-hydrogen) atoms. The van der Waals surface area contributed by atoms with Crippen molar-refractivity contribution in [2.45, 2.75) is 0 Å². The maximum absolute atomic E-state index is 13.9. The Kier molecular flexibility index (Phi) is 3.84. The molecule has 0 aliphatic rings. The summed E-state index contributed by atoms with van der Waals surface area (Å²) in [6, 6.07) is 7.01. The van der Waals surface area contributed by atoms with Gasteiger partial charge in [-0.2, -0.15) is 0 Å². The fourth-order valence-electron chi connectivity index (χ4n) is 1.83. The van der Waals surface area contributed by atoms with E-state index < -0.39 is 28.1 Å². The highest BCUT2D eigenvalue weighted by molar-refractivity contribution is 5.91. The Labute approximate surface area is 118 Å². The Morgan fingerprint density at radius 1 is 1.29 bits per heavy atom. The Balaban J connectivity index is 2.58. The van der Waals surface area contributed by atoms with Crippen LogP contribution in [-0.4, -0.2) is 23.1 Å². The lowest BCUT2D eigenvalue weighted by Crippen LogP contribution is -2.02. The third-order valence-corrected chi connectivity index (χ3v) is 2.87. The molecular weight excluding hydrogens is 281 g/mol. The lowest BCUT2D eigenvalue weighted by atomic mass is 10.0. The van der Waals surface area contributed by atoms with Gasteiger partial charge in [0, 0.05) is 11.6 Å². The molecule has 0 unspecified atom stereocenters.